The largest absolute Gasteiger partial charge is 0.485 e. The lowest BCUT2D eigenvalue weighted by Gasteiger charge is -2.29. The van der Waals surface area contributed by atoms with E-state index in [1.54, 1.807) is 10.8 Å². The first-order chi connectivity index (χ1) is 13.9. The van der Waals surface area contributed by atoms with Gasteiger partial charge in [0.2, 0.25) is 11.6 Å². The van der Waals surface area contributed by atoms with E-state index in [-0.39, 0.29) is 12.1 Å². The number of rotatable bonds is 6. The van der Waals surface area contributed by atoms with E-state index in [4.69, 9.17) is 9.72 Å². The Bertz CT molecular complexity index is 976. The van der Waals surface area contributed by atoms with Gasteiger partial charge in [-0.15, -0.1) is 5.10 Å². The Labute approximate surface area is 170 Å². The molecule has 0 spiro atoms. The summed E-state index contributed by atoms with van der Waals surface area (Å²) >= 11 is 0. The zero-order valence-electron chi connectivity index (χ0n) is 17.8. The molecule has 1 aliphatic heterocycles. The molecule has 156 valence electrons. The summed E-state index contributed by atoms with van der Waals surface area (Å²) in [4.78, 5) is 9.37. The number of nitrogens with one attached hydrogen (secondary N) is 2. The molecule has 0 amide bonds. The summed E-state index contributed by atoms with van der Waals surface area (Å²) < 4.78 is 9.74. The number of aromatic nitrogens is 6. The fourth-order valence-corrected chi connectivity index (χ4v) is 3.58. The van der Waals surface area contributed by atoms with Crippen molar-refractivity contribution >= 4 is 11.6 Å². The maximum Gasteiger partial charge on any atom is 0.243 e. The topological polar surface area (TPSA) is 94.2 Å². The average molecular weight is 399 g/mol. The van der Waals surface area contributed by atoms with Crippen LogP contribution in [0.4, 0.5) is 5.95 Å². The van der Waals surface area contributed by atoms with Gasteiger partial charge in [-0.3, -0.25) is 4.68 Å². The summed E-state index contributed by atoms with van der Waals surface area (Å²) in [5.41, 5.74) is 2.29. The summed E-state index contributed by atoms with van der Waals surface area (Å²) in [5, 5.41) is 15.9. The normalized spacial score (nSPS) is 20.0. The Morgan fingerprint density at radius 2 is 2.10 bits per heavy atom. The lowest BCUT2D eigenvalue weighted by Crippen LogP contribution is -2.42. The van der Waals surface area contributed by atoms with Crippen molar-refractivity contribution in [1.82, 2.24) is 34.7 Å². The number of fused-ring (bicyclic) bond motifs is 1. The Hall–Kier alpha value is -2.68. The number of piperidine rings is 1. The van der Waals surface area contributed by atoms with Crippen molar-refractivity contribution in [2.45, 2.75) is 59.2 Å². The first-order valence-electron chi connectivity index (χ1n) is 10.4. The van der Waals surface area contributed by atoms with Crippen molar-refractivity contribution in [3.05, 3.63) is 18.7 Å². The maximum absolute atomic E-state index is 6.15. The first-order valence-corrected chi connectivity index (χ1v) is 10.4. The minimum atomic E-state index is -0.0144. The van der Waals surface area contributed by atoms with Crippen LogP contribution in [0.2, 0.25) is 0 Å². The van der Waals surface area contributed by atoms with E-state index in [9.17, 15) is 0 Å². The third-order valence-electron chi connectivity index (χ3n) is 5.20. The fraction of sp³-hybridized carbons (Fsp3) is 0.600. The lowest BCUT2D eigenvalue weighted by atomic mass is 9.95. The Morgan fingerprint density at radius 1 is 1.28 bits per heavy atom. The predicted octanol–water partition coefficient (Wildman–Crippen LogP) is 2.77. The highest BCUT2D eigenvalue weighted by molar-refractivity contribution is 5.74. The van der Waals surface area contributed by atoms with Crippen molar-refractivity contribution in [3.8, 4) is 17.0 Å². The van der Waals surface area contributed by atoms with Crippen molar-refractivity contribution < 1.29 is 4.74 Å². The highest BCUT2D eigenvalue weighted by atomic mass is 16.5. The molecule has 3 aromatic rings. The molecule has 2 atom stereocenters. The molecule has 0 radical (unpaired) electrons. The molecule has 2 N–H and O–H groups in total. The lowest BCUT2D eigenvalue weighted by molar-refractivity contribution is 0.244. The van der Waals surface area contributed by atoms with Crippen LogP contribution >= 0.6 is 0 Å². The average Bonchev–Trinajstić information content (AvgIpc) is 3.30. The van der Waals surface area contributed by atoms with Gasteiger partial charge < -0.3 is 15.4 Å². The molecule has 0 bridgehead atoms. The molecule has 3 aromatic heterocycles. The first kappa shape index (κ1) is 19.6. The molecule has 29 heavy (non-hydrogen) atoms. The fourth-order valence-electron chi connectivity index (χ4n) is 3.58. The van der Waals surface area contributed by atoms with Crippen LogP contribution in [0, 0.1) is 5.92 Å². The summed E-state index contributed by atoms with van der Waals surface area (Å²) in [7, 11) is 0. The summed E-state index contributed by atoms with van der Waals surface area (Å²) in [5.74, 6) is 1.75. The third-order valence-corrected chi connectivity index (χ3v) is 5.20. The number of hydrogen-bond acceptors (Lipinski definition) is 7. The molecule has 4 heterocycles. The standard InChI is InChI=1S/C20H30N8O/c1-12(2)27-10-15(9-23-27)17-18(29-13(3)4)19-25-20(26-28(19)11-22-17)24-16-6-7-21-8-14(16)5/h9-14,16,21H,6-8H2,1-5H3,(H,24,26). The number of anilines is 1. The van der Waals surface area contributed by atoms with Crippen LogP contribution in [-0.4, -0.2) is 54.6 Å². The van der Waals surface area contributed by atoms with Crippen LogP contribution in [0.3, 0.4) is 0 Å². The van der Waals surface area contributed by atoms with Gasteiger partial charge in [0, 0.05) is 23.8 Å². The van der Waals surface area contributed by atoms with Gasteiger partial charge in [-0.2, -0.15) is 14.6 Å². The van der Waals surface area contributed by atoms with Crippen molar-refractivity contribution in [2.24, 2.45) is 5.92 Å². The second-order valence-electron chi connectivity index (χ2n) is 8.32. The van der Waals surface area contributed by atoms with Gasteiger partial charge in [0.1, 0.15) is 12.0 Å². The van der Waals surface area contributed by atoms with Crippen LogP contribution in [0.5, 0.6) is 5.75 Å². The van der Waals surface area contributed by atoms with Gasteiger partial charge in [-0.25, -0.2) is 4.98 Å². The smallest absolute Gasteiger partial charge is 0.243 e. The summed E-state index contributed by atoms with van der Waals surface area (Å²) in [6.07, 6.45) is 6.53. The highest BCUT2D eigenvalue weighted by Crippen LogP contribution is 2.32. The molecule has 0 saturated carbocycles. The van der Waals surface area contributed by atoms with E-state index in [0.29, 0.717) is 29.3 Å². The number of ether oxygens (including phenoxy) is 1. The van der Waals surface area contributed by atoms with Crippen molar-refractivity contribution in [3.63, 3.8) is 0 Å². The van der Waals surface area contributed by atoms with Crippen molar-refractivity contribution in [2.75, 3.05) is 18.4 Å². The van der Waals surface area contributed by atoms with Gasteiger partial charge in [-0.1, -0.05) is 6.92 Å². The number of hydrogen-bond donors (Lipinski definition) is 2. The predicted molar refractivity (Wildman–Crippen MR) is 112 cm³/mol. The Balaban J connectivity index is 1.72. The van der Waals surface area contributed by atoms with Gasteiger partial charge in [-0.05, 0) is 53.1 Å². The molecule has 1 saturated heterocycles. The van der Waals surface area contributed by atoms with Crippen LogP contribution < -0.4 is 15.4 Å². The van der Waals surface area contributed by atoms with Crippen molar-refractivity contribution in [1.29, 1.82) is 0 Å². The quantitative estimate of drug-likeness (QED) is 0.659. The minimum absolute atomic E-state index is 0.0144. The summed E-state index contributed by atoms with van der Waals surface area (Å²) in [6.45, 7) is 12.4. The monoisotopic (exact) mass is 398 g/mol. The van der Waals surface area contributed by atoms with Gasteiger partial charge >= 0.3 is 0 Å². The molecular weight excluding hydrogens is 368 g/mol. The highest BCUT2D eigenvalue weighted by Gasteiger charge is 2.24. The Kier molecular flexibility index (Phi) is 5.40. The van der Waals surface area contributed by atoms with Crippen LogP contribution in [-0.2, 0) is 0 Å². The van der Waals surface area contributed by atoms with E-state index in [1.165, 1.54) is 0 Å². The van der Waals surface area contributed by atoms with E-state index in [1.807, 2.05) is 30.9 Å². The third kappa shape index (κ3) is 4.05. The van der Waals surface area contributed by atoms with Crippen LogP contribution in [0.15, 0.2) is 18.7 Å². The SMILES string of the molecule is CC(C)Oc1c(-c2cnn(C(C)C)c2)ncn2nc(NC3CCNCC3C)nc12. The minimum Gasteiger partial charge on any atom is -0.485 e. The zero-order chi connectivity index (χ0) is 20.5. The molecule has 9 nitrogen and oxygen atoms in total. The van der Waals surface area contributed by atoms with E-state index in [0.717, 1.165) is 30.8 Å². The second-order valence-corrected chi connectivity index (χ2v) is 8.32. The molecule has 4 rings (SSSR count). The number of nitrogens with zero attached hydrogens (tertiary/aromatic N) is 6. The van der Waals surface area contributed by atoms with E-state index < -0.39 is 0 Å². The maximum atomic E-state index is 6.15. The molecule has 0 aliphatic carbocycles. The zero-order valence-corrected chi connectivity index (χ0v) is 17.8. The van der Waals surface area contributed by atoms with Gasteiger partial charge in [0.25, 0.3) is 0 Å². The van der Waals surface area contributed by atoms with E-state index in [2.05, 4.69) is 46.6 Å². The molecule has 1 fully saturated rings. The van der Waals surface area contributed by atoms with Crippen LogP contribution in [0.25, 0.3) is 16.9 Å². The van der Waals surface area contributed by atoms with Gasteiger partial charge in [0.15, 0.2) is 5.75 Å². The van der Waals surface area contributed by atoms with Crippen LogP contribution in [0.1, 0.15) is 47.1 Å². The molecule has 2 unspecified atom stereocenters. The Morgan fingerprint density at radius 3 is 2.79 bits per heavy atom. The molecular formula is C20H30N8O. The second kappa shape index (κ2) is 7.98. The van der Waals surface area contributed by atoms with Gasteiger partial charge in [0.05, 0.1) is 12.3 Å². The molecule has 1 aliphatic rings. The van der Waals surface area contributed by atoms with E-state index >= 15 is 0 Å². The molecule has 0 aromatic carbocycles. The summed E-state index contributed by atoms with van der Waals surface area (Å²) in [6, 6.07) is 0.623. The molecule has 9 heteroatoms.